The Balaban J connectivity index is 1.92. The summed E-state index contributed by atoms with van der Waals surface area (Å²) in [5, 5.41) is 9.89. The number of hydrogen-bond donors (Lipinski definition) is 0. The topological polar surface area (TPSA) is 84.2 Å². The Hall–Kier alpha value is -2.22. The van der Waals surface area contributed by atoms with Crippen molar-refractivity contribution in [2.75, 3.05) is 7.11 Å². The molecule has 5 nitrogen and oxygen atoms in total. The smallest absolute Gasteiger partial charge is 0.312 e. The molecule has 7 atom stereocenters. The third kappa shape index (κ3) is 3.88. The molecule has 4 aliphatic carbocycles. The van der Waals surface area contributed by atoms with Crippen molar-refractivity contribution in [2.45, 2.75) is 106 Å². The molecule has 0 heterocycles. The Labute approximate surface area is 229 Å². The number of nitrogens with zero attached hydrogens (tertiary/aromatic N) is 1. The van der Waals surface area contributed by atoms with Crippen molar-refractivity contribution in [3.8, 4) is 6.07 Å². The van der Waals surface area contributed by atoms with Crippen molar-refractivity contribution in [3.63, 3.8) is 0 Å². The van der Waals surface area contributed by atoms with Crippen molar-refractivity contribution in [1.29, 1.82) is 5.26 Å². The van der Waals surface area contributed by atoms with Gasteiger partial charge in [0, 0.05) is 17.8 Å². The van der Waals surface area contributed by atoms with E-state index in [2.05, 4.69) is 47.6 Å². The maximum absolute atomic E-state index is 14.4. The average Bonchev–Trinajstić information content (AvgIpc) is 2.87. The molecule has 0 aromatic rings. The van der Waals surface area contributed by atoms with E-state index in [1.54, 1.807) is 6.92 Å². The highest BCUT2D eigenvalue weighted by molar-refractivity contribution is 5.99. The van der Waals surface area contributed by atoms with Crippen molar-refractivity contribution in [1.82, 2.24) is 0 Å². The average molecular weight is 522 g/mol. The van der Waals surface area contributed by atoms with Gasteiger partial charge in [0.25, 0.3) is 0 Å². The highest BCUT2D eigenvalue weighted by Gasteiger charge is 2.69. The Morgan fingerprint density at radius 1 is 1.08 bits per heavy atom. The summed E-state index contributed by atoms with van der Waals surface area (Å²) in [5.74, 6) is -0.231. The lowest BCUT2D eigenvalue weighted by molar-refractivity contribution is -0.190. The molecule has 0 unspecified atom stereocenters. The predicted octanol–water partition coefficient (Wildman–Crippen LogP) is 7.16. The van der Waals surface area contributed by atoms with E-state index < -0.39 is 10.8 Å². The number of esters is 1. The molecule has 38 heavy (non-hydrogen) atoms. The highest BCUT2D eigenvalue weighted by atomic mass is 16.5. The molecule has 3 saturated carbocycles. The van der Waals surface area contributed by atoms with E-state index in [-0.39, 0.29) is 63.5 Å². The SMILES string of the molecule is CCC(=O)/C(C#N)=C\[C@]1(C)C2=CC(=O)[C@@H]3[C@@H]4CC(C)(C)CC[C@]4(C(=O)OC)CC[C@@]3(C)[C@]2(C)CC[C@H]1CC. The molecule has 0 spiro atoms. The summed E-state index contributed by atoms with van der Waals surface area (Å²) in [7, 11) is 1.48. The van der Waals surface area contributed by atoms with Gasteiger partial charge in [0.2, 0.25) is 0 Å². The third-order valence-corrected chi connectivity index (χ3v) is 12.0. The number of fused-ring (bicyclic) bond motifs is 5. The molecule has 3 fully saturated rings. The molecule has 0 N–H and O–H groups in total. The summed E-state index contributed by atoms with van der Waals surface area (Å²) in [6.45, 7) is 15.2. The van der Waals surface area contributed by atoms with Gasteiger partial charge in [0.15, 0.2) is 11.6 Å². The fourth-order valence-electron chi connectivity index (χ4n) is 9.50. The molecular weight excluding hydrogens is 474 g/mol. The van der Waals surface area contributed by atoms with E-state index in [1.165, 1.54) is 7.11 Å². The number of hydrogen-bond acceptors (Lipinski definition) is 5. The number of Topliss-reactive ketones (excluding diaryl/α,β-unsaturated/α-hetero) is 1. The van der Waals surface area contributed by atoms with Crippen LogP contribution in [0.2, 0.25) is 0 Å². The van der Waals surface area contributed by atoms with Gasteiger partial charge in [0.1, 0.15) is 6.07 Å². The van der Waals surface area contributed by atoms with Crippen molar-refractivity contribution >= 4 is 17.5 Å². The third-order valence-electron chi connectivity index (χ3n) is 12.0. The fourth-order valence-corrected chi connectivity index (χ4v) is 9.50. The minimum Gasteiger partial charge on any atom is -0.469 e. The molecule has 0 aromatic carbocycles. The maximum atomic E-state index is 14.4. The summed E-state index contributed by atoms with van der Waals surface area (Å²) >= 11 is 0. The second-order valence-electron chi connectivity index (χ2n) is 14.2. The number of carbonyl (C=O) groups is 3. The van der Waals surface area contributed by atoms with E-state index in [0.717, 1.165) is 56.9 Å². The number of allylic oxidation sites excluding steroid dienone is 4. The van der Waals surface area contributed by atoms with Crippen LogP contribution in [0, 0.1) is 56.2 Å². The van der Waals surface area contributed by atoms with Crippen LogP contribution in [0.25, 0.3) is 0 Å². The number of ether oxygens (including phenoxy) is 1. The minimum absolute atomic E-state index is 0.0541. The summed E-state index contributed by atoms with van der Waals surface area (Å²) in [6.07, 6.45) is 11.0. The lowest BCUT2D eigenvalue weighted by atomic mass is 9.35. The summed E-state index contributed by atoms with van der Waals surface area (Å²) < 4.78 is 5.41. The lowest BCUT2D eigenvalue weighted by Crippen LogP contribution is -2.64. The number of methoxy groups -OCH3 is 1. The van der Waals surface area contributed by atoms with Gasteiger partial charge < -0.3 is 4.74 Å². The van der Waals surface area contributed by atoms with Gasteiger partial charge in [-0.2, -0.15) is 5.26 Å². The maximum Gasteiger partial charge on any atom is 0.312 e. The molecule has 0 aliphatic heterocycles. The zero-order valence-corrected chi connectivity index (χ0v) is 24.8. The van der Waals surface area contributed by atoms with Crippen molar-refractivity contribution in [2.24, 2.45) is 44.8 Å². The molecule has 0 bridgehead atoms. The van der Waals surface area contributed by atoms with Crippen LogP contribution in [0.1, 0.15) is 106 Å². The number of ketones is 2. The second kappa shape index (κ2) is 9.46. The number of rotatable bonds is 5. The monoisotopic (exact) mass is 521 g/mol. The van der Waals surface area contributed by atoms with E-state index in [1.807, 2.05) is 12.2 Å². The first-order chi connectivity index (χ1) is 17.7. The van der Waals surface area contributed by atoms with Crippen LogP contribution >= 0.6 is 0 Å². The van der Waals surface area contributed by atoms with Crippen LogP contribution in [0.5, 0.6) is 0 Å². The van der Waals surface area contributed by atoms with Gasteiger partial charge in [-0.05, 0) is 79.1 Å². The number of nitriles is 1. The zero-order chi connectivity index (χ0) is 28.3. The first-order valence-electron chi connectivity index (χ1n) is 14.7. The molecule has 0 amide bonds. The molecule has 0 aromatic heterocycles. The number of carbonyl (C=O) groups excluding carboxylic acids is 3. The van der Waals surface area contributed by atoms with E-state index in [9.17, 15) is 19.6 Å². The standard InChI is InChI=1S/C33H47NO4/c1-9-22-11-12-31(6)26(30(22,5)18-21(20-34)24(35)10-2)17-25(36)27-23-19-29(3,4)13-15-33(23,28(37)38-8)16-14-32(27,31)7/h17-18,22-23,27H,9-16,19H2,1-8H3/b21-18-/t22-,23+,27+,30+,31-,32-,33+/m1/s1. The second-order valence-corrected chi connectivity index (χ2v) is 14.2. The first kappa shape index (κ1) is 28.8. The van der Waals surface area contributed by atoms with Crippen LogP contribution in [0.4, 0.5) is 0 Å². The summed E-state index contributed by atoms with van der Waals surface area (Å²) in [6, 6.07) is 2.17. The highest BCUT2D eigenvalue weighted by Crippen LogP contribution is 2.73. The van der Waals surface area contributed by atoms with Gasteiger partial charge in [-0.3, -0.25) is 14.4 Å². The Morgan fingerprint density at radius 3 is 2.32 bits per heavy atom. The van der Waals surface area contributed by atoms with Gasteiger partial charge in [0.05, 0.1) is 18.1 Å². The molecular formula is C33H47NO4. The minimum atomic E-state index is -0.600. The van der Waals surface area contributed by atoms with Gasteiger partial charge in [-0.15, -0.1) is 0 Å². The predicted molar refractivity (Wildman–Crippen MR) is 148 cm³/mol. The van der Waals surface area contributed by atoms with Gasteiger partial charge >= 0.3 is 5.97 Å². The molecule has 4 rings (SSSR count). The van der Waals surface area contributed by atoms with E-state index in [0.29, 0.717) is 0 Å². The van der Waals surface area contributed by atoms with Crippen LogP contribution < -0.4 is 0 Å². The van der Waals surface area contributed by atoms with Gasteiger partial charge in [-0.1, -0.05) is 66.5 Å². The molecule has 0 radical (unpaired) electrons. The molecule has 4 aliphatic rings. The van der Waals surface area contributed by atoms with Crippen molar-refractivity contribution in [3.05, 3.63) is 23.3 Å². The van der Waals surface area contributed by atoms with E-state index >= 15 is 0 Å². The molecule has 208 valence electrons. The van der Waals surface area contributed by atoms with Crippen LogP contribution in [0.15, 0.2) is 23.3 Å². The molecule has 0 saturated heterocycles. The first-order valence-corrected chi connectivity index (χ1v) is 14.7. The Bertz CT molecular complexity index is 1140. The fraction of sp³-hybridized carbons (Fsp3) is 0.758. The lowest BCUT2D eigenvalue weighted by Gasteiger charge is -2.67. The summed E-state index contributed by atoms with van der Waals surface area (Å²) in [4.78, 5) is 40.5. The Kier molecular flexibility index (Phi) is 7.16. The van der Waals surface area contributed by atoms with Crippen LogP contribution in [-0.2, 0) is 19.1 Å². The van der Waals surface area contributed by atoms with Crippen molar-refractivity contribution < 1.29 is 19.1 Å². The quantitative estimate of drug-likeness (QED) is 0.218. The summed E-state index contributed by atoms with van der Waals surface area (Å²) in [5.41, 5.74) is -0.391. The van der Waals surface area contributed by atoms with E-state index in [4.69, 9.17) is 4.74 Å². The van der Waals surface area contributed by atoms with Gasteiger partial charge in [-0.25, -0.2) is 0 Å². The zero-order valence-electron chi connectivity index (χ0n) is 24.8. The largest absolute Gasteiger partial charge is 0.469 e. The normalized spacial score (nSPS) is 42.1. The van der Waals surface area contributed by atoms with Crippen LogP contribution in [0.3, 0.4) is 0 Å². The molecule has 5 heteroatoms. The van der Waals surface area contributed by atoms with Crippen LogP contribution in [-0.4, -0.2) is 24.6 Å². The Morgan fingerprint density at radius 2 is 1.74 bits per heavy atom.